The van der Waals surface area contributed by atoms with Gasteiger partial charge in [-0.15, -0.1) is 12.4 Å². The second-order valence-corrected chi connectivity index (χ2v) is 8.11. The number of carbonyl (C=O) groups excluding carboxylic acids is 2. The topological polar surface area (TPSA) is 87.5 Å². The highest BCUT2D eigenvalue weighted by molar-refractivity contribution is 5.89. The Morgan fingerprint density at radius 3 is 2.57 bits per heavy atom. The summed E-state index contributed by atoms with van der Waals surface area (Å²) in [5.41, 5.74) is 8.05. The van der Waals surface area contributed by atoms with E-state index in [-0.39, 0.29) is 30.4 Å². The Morgan fingerprint density at radius 1 is 1.14 bits per heavy atom. The van der Waals surface area contributed by atoms with E-state index in [1.54, 1.807) is 0 Å². The number of anilines is 1. The molecule has 1 saturated carbocycles. The minimum Gasteiger partial charge on any atom is -0.342 e. The first kappa shape index (κ1) is 22.5. The number of nitrogens with zero attached hydrogens (tertiary/aromatic N) is 1. The molecule has 0 bridgehead atoms. The van der Waals surface area contributed by atoms with Crippen LogP contribution in [0.1, 0.15) is 44.1 Å². The van der Waals surface area contributed by atoms with Gasteiger partial charge in [0.2, 0.25) is 5.91 Å². The average Bonchev–Trinajstić information content (AvgIpc) is 3.07. The van der Waals surface area contributed by atoms with Crippen molar-refractivity contribution in [2.75, 3.05) is 25.0 Å². The standard InChI is InChI=1S/C21H32N4O2.ClH/c1-15-7-9-18(10-8-15)24-21(27)23-13-16-4-3-11-25(14-16)20(26)12-17-5-2-6-19(17)22;/h7-10,16-17,19H,2-6,11-14,22H2,1H3,(H2,23,24,27);1H/t16?,17-,19+;/m0./s1. The summed E-state index contributed by atoms with van der Waals surface area (Å²) in [6.45, 7) is 4.16. The van der Waals surface area contributed by atoms with Gasteiger partial charge in [-0.25, -0.2) is 4.79 Å². The van der Waals surface area contributed by atoms with Crippen LogP contribution in [0.4, 0.5) is 10.5 Å². The van der Waals surface area contributed by atoms with Crippen LogP contribution in [0.15, 0.2) is 24.3 Å². The lowest BCUT2D eigenvalue weighted by molar-refractivity contribution is -0.134. The molecule has 1 aromatic rings. The molecule has 0 spiro atoms. The number of hydrogen-bond acceptors (Lipinski definition) is 3. The molecule has 0 radical (unpaired) electrons. The van der Waals surface area contributed by atoms with Crippen molar-refractivity contribution >= 4 is 30.0 Å². The van der Waals surface area contributed by atoms with E-state index in [1.165, 1.54) is 0 Å². The molecule has 1 aliphatic carbocycles. The largest absolute Gasteiger partial charge is 0.342 e. The summed E-state index contributed by atoms with van der Waals surface area (Å²) in [5.74, 6) is 0.881. The van der Waals surface area contributed by atoms with Gasteiger partial charge in [-0.2, -0.15) is 0 Å². The fourth-order valence-electron chi connectivity index (χ4n) is 4.18. The van der Waals surface area contributed by atoms with E-state index in [2.05, 4.69) is 10.6 Å². The first-order valence-corrected chi connectivity index (χ1v) is 10.2. The number of nitrogens with one attached hydrogen (secondary N) is 2. The summed E-state index contributed by atoms with van der Waals surface area (Å²) >= 11 is 0. The maximum atomic E-state index is 12.6. The first-order valence-electron chi connectivity index (χ1n) is 10.2. The van der Waals surface area contributed by atoms with Gasteiger partial charge in [-0.05, 0) is 56.6 Å². The van der Waals surface area contributed by atoms with E-state index in [9.17, 15) is 9.59 Å². The number of nitrogens with two attached hydrogens (primary N) is 1. The van der Waals surface area contributed by atoms with Gasteiger partial charge in [0.05, 0.1) is 0 Å². The van der Waals surface area contributed by atoms with E-state index in [0.29, 0.717) is 24.8 Å². The molecule has 156 valence electrons. The third-order valence-corrected chi connectivity index (χ3v) is 5.89. The number of hydrogen-bond donors (Lipinski definition) is 3. The summed E-state index contributed by atoms with van der Waals surface area (Å²) in [7, 11) is 0. The SMILES string of the molecule is Cc1ccc(NC(=O)NCC2CCCN(C(=O)C[C@@H]3CCC[C@H]3N)C2)cc1.Cl. The zero-order valence-corrected chi connectivity index (χ0v) is 17.5. The van der Waals surface area contributed by atoms with Crippen molar-refractivity contribution in [3.63, 3.8) is 0 Å². The minimum atomic E-state index is -0.195. The Bertz CT molecular complexity index is 652. The number of benzene rings is 1. The Balaban J connectivity index is 0.00000280. The van der Waals surface area contributed by atoms with E-state index in [1.807, 2.05) is 36.1 Å². The van der Waals surface area contributed by atoms with Crippen LogP contribution < -0.4 is 16.4 Å². The van der Waals surface area contributed by atoms with Gasteiger partial charge in [0, 0.05) is 37.8 Å². The molecule has 6 nitrogen and oxygen atoms in total. The minimum absolute atomic E-state index is 0. The second-order valence-electron chi connectivity index (χ2n) is 8.11. The number of rotatable bonds is 5. The smallest absolute Gasteiger partial charge is 0.319 e. The molecule has 1 saturated heterocycles. The molecule has 7 heteroatoms. The van der Waals surface area contributed by atoms with Gasteiger partial charge in [0.1, 0.15) is 0 Å². The van der Waals surface area contributed by atoms with Crippen molar-refractivity contribution in [2.45, 2.75) is 51.5 Å². The molecule has 2 aliphatic rings. The van der Waals surface area contributed by atoms with Gasteiger partial charge in [-0.1, -0.05) is 24.1 Å². The molecule has 3 rings (SSSR count). The van der Waals surface area contributed by atoms with Gasteiger partial charge >= 0.3 is 6.03 Å². The molecular weight excluding hydrogens is 376 g/mol. The summed E-state index contributed by atoms with van der Waals surface area (Å²) in [6, 6.07) is 7.71. The van der Waals surface area contributed by atoms with Crippen LogP contribution in [-0.4, -0.2) is 42.5 Å². The molecule has 1 heterocycles. The van der Waals surface area contributed by atoms with Crippen molar-refractivity contribution in [1.29, 1.82) is 0 Å². The van der Waals surface area contributed by atoms with Crippen molar-refractivity contribution in [1.82, 2.24) is 10.2 Å². The van der Waals surface area contributed by atoms with Crippen LogP contribution in [0.5, 0.6) is 0 Å². The molecule has 1 aliphatic heterocycles. The quantitative estimate of drug-likeness (QED) is 0.698. The molecule has 3 amide bonds. The molecule has 4 N–H and O–H groups in total. The van der Waals surface area contributed by atoms with Gasteiger partial charge in [-0.3, -0.25) is 4.79 Å². The Kier molecular flexibility index (Phi) is 8.58. The number of aryl methyl sites for hydroxylation is 1. The van der Waals surface area contributed by atoms with E-state index in [4.69, 9.17) is 5.73 Å². The second kappa shape index (κ2) is 10.7. The Hall–Kier alpha value is -1.79. The number of likely N-dealkylation sites (tertiary alicyclic amines) is 1. The van der Waals surface area contributed by atoms with Gasteiger partial charge < -0.3 is 21.3 Å². The average molecular weight is 409 g/mol. The predicted octanol–water partition coefficient (Wildman–Crippen LogP) is 3.29. The van der Waals surface area contributed by atoms with E-state index in [0.717, 1.165) is 56.4 Å². The fraction of sp³-hybridized carbons (Fsp3) is 0.619. The summed E-state index contributed by atoms with van der Waals surface area (Å²) in [5, 5.41) is 5.80. The Labute approximate surface area is 174 Å². The van der Waals surface area contributed by atoms with Crippen molar-refractivity contribution in [3.05, 3.63) is 29.8 Å². The monoisotopic (exact) mass is 408 g/mol. The van der Waals surface area contributed by atoms with Gasteiger partial charge in [0.25, 0.3) is 0 Å². The highest BCUT2D eigenvalue weighted by Gasteiger charge is 2.30. The molecule has 28 heavy (non-hydrogen) atoms. The lowest BCUT2D eigenvalue weighted by atomic mass is 9.95. The zero-order valence-electron chi connectivity index (χ0n) is 16.7. The summed E-state index contributed by atoms with van der Waals surface area (Å²) in [4.78, 5) is 26.7. The summed E-state index contributed by atoms with van der Waals surface area (Å²) < 4.78 is 0. The molecule has 3 atom stereocenters. The van der Waals surface area contributed by atoms with Gasteiger partial charge in [0.15, 0.2) is 0 Å². The van der Waals surface area contributed by atoms with Crippen LogP contribution in [0.3, 0.4) is 0 Å². The highest BCUT2D eigenvalue weighted by atomic mass is 35.5. The molecular formula is C21H33ClN4O2. The maximum Gasteiger partial charge on any atom is 0.319 e. The summed E-state index contributed by atoms with van der Waals surface area (Å²) in [6.07, 6.45) is 5.87. The molecule has 1 aromatic carbocycles. The molecule has 0 aromatic heterocycles. The van der Waals surface area contributed by atoms with Crippen molar-refractivity contribution < 1.29 is 9.59 Å². The number of amides is 3. The zero-order chi connectivity index (χ0) is 19.2. The van der Waals surface area contributed by atoms with Crippen LogP contribution in [-0.2, 0) is 4.79 Å². The third kappa shape index (κ3) is 6.38. The normalized spacial score (nSPS) is 24.4. The van der Waals surface area contributed by atoms with E-state index < -0.39 is 0 Å². The Morgan fingerprint density at radius 2 is 1.89 bits per heavy atom. The highest BCUT2D eigenvalue weighted by Crippen LogP contribution is 2.28. The lowest BCUT2D eigenvalue weighted by Crippen LogP contribution is -2.45. The first-order chi connectivity index (χ1) is 13.0. The predicted molar refractivity (Wildman–Crippen MR) is 115 cm³/mol. The fourth-order valence-corrected chi connectivity index (χ4v) is 4.18. The van der Waals surface area contributed by atoms with Crippen LogP contribution >= 0.6 is 12.4 Å². The lowest BCUT2D eigenvalue weighted by Gasteiger charge is -2.34. The third-order valence-electron chi connectivity index (χ3n) is 5.89. The van der Waals surface area contributed by atoms with E-state index >= 15 is 0 Å². The number of carbonyl (C=O) groups is 2. The van der Waals surface area contributed by atoms with Crippen LogP contribution in [0.25, 0.3) is 0 Å². The van der Waals surface area contributed by atoms with Crippen LogP contribution in [0, 0.1) is 18.8 Å². The maximum absolute atomic E-state index is 12.6. The van der Waals surface area contributed by atoms with Crippen LogP contribution in [0.2, 0.25) is 0 Å². The van der Waals surface area contributed by atoms with Crippen molar-refractivity contribution in [2.24, 2.45) is 17.6 Å². The number of halogens is 1. The number of urea groups is 1. The van der Waals surface area contributed by atoms with Crippen molar-refractivity contribution in [3.8, 4) is 0 Å². The molecule has 2 fully saturated rings. The molecule has 1 unspecified atom stereocenters. The number of piperidine rings is 1.